The average molecular weight is 361 g/mol. The normalized spacial score (nSPS) is 10.9. The molecule has 25 heavy (non-hydrogen) atoms. The highest BCUT2D eigenvalue weighted by atomic mass is 32.1. The van der Waals surface area contributed by atoms with E-state index in [1.165, 1.54) is 28.3 Å². The first-order chi connectivity index (χ1) is 12.0. The predicted octanol–water partition coefficient (Wildman–Crippen LogP) is 1.76. The molecule has 0 aliphatic heterocycles. The van der Waals surface area contributed by atoms with Crippen LogP contribution in [-0.2, 0) is 17.9 Å². The molecule has 0 spiro atoms. The zero-order chi connectivity index (χ0) is 18.0. The molecule has 3 rings (SSSR count). The highest BCUT2D eigenvalue weighted by molar-refractivity contribution is 7.16. The Labute approximate surface area is 145 Å². The molecular formula is C16H15N3O5S. The number of carbonyl (C=O) groups is 2. The topological polar surface area (TPSA) is 114 Å². The molecule has 3 heterocycles. The molecule has 0 aliphatic rings. The van der Waals surface area contributed by atoms with E-state index < -0.39 is 5.97 Å². The number of aryl methyl sites for hydroxylation is 2. The number of carboxylic acid groups (broad SMARTS) is 1. The molecule has 9 heteroatoms. The van der Waals surface area contributed by atoms with E-state index in [9.17, 15) is 14.4 Å². The van der Waals surface area contributed by atoms with Crippen LogP contribution < -0.4 is 10.9 Å². The van der Waals surface area contributed by atoms with Crippen molar-refractivity contribution in [2.24, 2.45) is 0 Å². The summed E-state index contributed by atoms with van der Waals surface area (Å²) >= 11 is 1.39. The fraction of sp³-hybridized carbons (Fsp3) is 0.250. The standard InChI is InChI=1S/C16H15N3O5S/c1-9-12(16(22)23)6-10(24-9)7-17-13(20)2-4-19-8-18-14-11(15(19)21)3-5-25-14/h3,5-6,8H,2,4,7H2,1H3,(H,17,20)(H,22,23). The van der Waals surface area contributed by atoms with Crippen molar-refractivity contribution in [3.8, 4) is 0 Å². The van der Waals surface area contributed by atoms with Crippen molar-refractivity contribution in [3.63, 3.8) is 0 Å². The number of nitrogens with zero attached hydrogens (tertiary/aromatic N) is 2. The van der Waals surface area contributed by atoms with Crippen LogP contribution in [0.25, 0.3) is 10.2 Å². The summed E-state index contributed by atoms with van der Waals surface area (Å²) in [6.07, 6.45) is 1.53. The first kappa shape index (κ1) is 16.9. The van der Waals surface area contributed by atoms with Gasteiger partial charge in [0.15, 0.2) is 0 Å². The second-order valence-corrected chi connectivity index (χ2v) is 6.29. The Morgan fingerprint density at radius 1 is 1.44 bits per heavy atom. The van der Waals surface area contributed by atoms with Gasteiger partial charge in [0.2, 0.25) is 5.91 Å². The molecule has 130 valence electrons. The van der Waals surface area contributed by atoms with E-state index in [4.69, 9.17) is 9.52 Å². The Balaban J connectivity index is 1.57. The lowest BCUT2D eigenvalue weighted by Gasteiger charge is -2.06. The molecule has 2 N–H and O–H groups in total. The first-order valence-corrected chi connectivity index (χ1v) is 8.35. The molecule has 0 saturated carbocycles. The molecule has 3 aromatic heterocycles. The quantitative estimate of drug-likeness (QED) is 0.691. The molecule has 0 aromatic carbocycles. The Morgan fingerprint density at radius 3 is 2.96 bits per heavy atom. The zero-order valence-electron chi connectivity index (χ0n) is 13.3. The molecule has 3 aromatic rings. The highest BCUT2D eigenvalue weighted by Gasteiger charge is 2.14. The Morgan fingerprint density at radius 2 is 2.24 bits per heavy atom. The number of aromatic carboxylic acids is 1. The van der Waals surface area contributed by atoms with Crippen LogP contribution in [0.15, 0.2) is 33.1 Å². The maximum Gasteiger partial charge on any atom is 0.339 e. The van der Waals surface area contributed by atoms with Crippen molar-refractivity contribution in [1.82, 2.24) is 14.9 Å². The van der Waals surface area contributed by atoms with Gasteiger partial charge in [-0.05, 0) is 24.4 Å². The minimum absolute atomic E-state index is 0.0749. The van der Waals surface area contributed by atoms with Crippen LogP contribution in [0.1, 0.15) is 28.3 Å². The Kier molecular flexibility index (Phi) is 4.66. The molecule has 8 nitrogen and oxygen atoms in total. The van der Waals surface area contributed by atoms with E-state index >= 15 is 0 Å². The molecular weight excluding hydrogens is 346 g/mol. The zero-order valence-corrected chi connectivity index (χ0v) is 14.1. The molecule has 0 aliphatic carbocycles. The summed E-state index contributed by atoms with van der Waals surface area (Å²) < 4.78 is 6.68. The SMILES string of the molecule is Cc1oc(CNC(=O)CCn2cnc3sccc3c2=O)cc1C(=O)O. The van der Waals surface area contributed by atoms with Gasteiger partial charge in [-0.15, -0.1) is 11.3 Å². The number of thiophene rings is 1. The summed E-state index contributed by atoms with van der Waals surface area (Å²) in [5.41, 5.74) is -0.0993. The third kappa shape index (κ3) is 3.61. The Hall–Kier alpha value is -2.94. The number of carboxylic acids is 1. The van der Waals surface area contributed by atoms with Crippen molar-refractivity contribution in [1.29, 1.82) is 0 Å². The number of fused-ring (bicyclic) bond motifs is 1. The second-order valence-electron chi connectivity index (χ2n) is 5.40. The summed E-state index contributed by atoms with van der Waals surface area (Å²) in [6, 6.07) is 3.10. The average Bonchev–Trinajstić information content (AvgIpc) is 3.19. The minimum atomic E-state index is -1.07. The van der Waals surface area contributed by atoms with Gasteiger partial charge in [-0.25, -0.2) is 9.78 Å². The number of nitrogens with one attached hydrogen (secondary N) is 1. The van der Waals surface area contributed by atoms with E-state index in [0.29, 0.717) is 21.7 Å². The third-order valence-electron chi connectivity index (χ3n) is 3.69. The lowest BCUT2D eigenvalue weighted by atomic mass is 10.2. The van der Waals surface area contributed by atoms with Crippen LogP contribution in [-0.4, -0.2) is 26.5 Å². The van der Waals surface area contributed by atoms with Crippen LogP contribution in [0.2, 0.25) is 0 Å². The maximum absolute atomic E-state index is 12.2. The largest absolute Gasteiger partial charge is 0.478 e. The number of rotatable bonds is 6. The molecule has 0 radical (unpaired) electrons. The van der Waals surface area contributed by atoms with Crippen LogP contribution in [0.3, 0.4) is 0 Å². The van der Waals surface area contributed by atoms with E-state index in [-0.39, 0.29) is 36.5 Å². The number of hydrogen-bond acceptors (Lipinski definition) is 6. The van der Waals surface area contributed by atoms with Crippen LogP contribution in [0.5, 0.6) is 0 Å². The van der Waals surface area contributed by atoms with Gasteiger partial charge in [0.1, 0.15) is 21.9 Å². The fourth-order valence-electron chi connectivity index (χ4n) is 2.39. The van der Waals surface area contributed by atoms with E-state index in [1.54, 1.807) is 18.4 Å². The highest BCUT2D eigenvalue weighted by Crippen LogP contribution is 2.15. The molecule has 0 unspecified atom stereocenters. The molecule has 0 bridgehead atoms. The predicted molar refractivity (Wildman–Crippen MR) is 90.7 cm³/mol. The van der Waals surface area contributed by atoms with Gasteiger partial charge < -0.3 is 14.8 Å². The number of hydrogen-bond donors (Lipinski definition) is 2. The van der Waals surface area contributed by atoms with Gasteiger partial charge in [0, 0.05) is 13.0 Å². The summed E-state index contributed by atoms with van der Waals surface area (Å²) in [5, 5.41) is 13.9. The summed E-state index contributed by atoms with van der Waals surface area (Å²) in [5.74, 6) is -0.696. The Bertz CT molecular complexity index is 1000. The van der Waals surface area contributed by atoms with E-state index in [2.05, 4.69) is 10.3 Å². The monoisotopic (exact) mass is 361 g/mol. The van der Waals surface area contributed by atoms with Gasteiger partial charge in [-0.1, -0.05) is 0 Å². The number of amides is 1. The lowest BCUT2D eigenvalue weighted by molar-refractivity contribution is -0.121. The molecule has 0 saturated heterocycles. The van der Waals surface area contributed by atoms with Gasteiger partial charge in [0.25, 0.3) is 5.56 Å². The summed E-state index contributed by atoms with van der Waals surface area (Å²) in [7, 11) is 0. The van der Waals surface area contributed by atoms with Gasteiger partial charge >= 0.3 is 5.97 Å². The number of furan rings is 1. The first-order valence-electron chi connectivity index (χ1n) is 7.47. The fourth-order valence-corrected chi connectivity index (χ4v) is 3.12. The maximum atomic E-state index is 12.2. The number of aromatic nitrogens is 2. The molecule has 0 atom stereocenters. The lowest BCUT2D eigenvalue weighted by Crippen LogP contribution is -2.27. The molecule has 1 amide bonds. The van der Waals surface area contributed by atoms with Crippen molar-refractivity contribution >= 4 is 33.4 Å². The second kappa shape index (κ2) is 6.89. The summed E-state index contributed by atoms with van der Waals surface area (Å²) in [6.45, 7) is 1.85. The van der Waals surface area contributed by atoms with Gasteiger partial charge in [-0.2, -0.15) is 0 Å². The van der Waals surface area contributed by atoms with Crippen molar-refractivity contribution in [3.05, 3.63) is 51.3 Å². The van der Waals surface area contributed by atoms with E-state index in [1.807, 2.05) is 0 Å². The van der Waals surface area contributed by atoms with E-state index in [0.717, 1.165) is 0 Å². The van der Waals surface area contributed by atoms with Gasteiger partial charge in [0.05, 0.1) is 18.3 Å². The van der Waals surface area contributed by atoms with Crippen molar-refractivity contribution in [2.75, 3.05) is 0 Å². The van der Waals surface area contributed by atoms with Crippen LogP contribution in [0, 0.1) is 6.92 Å². The summed E-state index contributed by atoms with van der Waals surface area (Å²) in [4.78, 5) is 40.0. The van der Waals surface area contributed by atoms with Crippen molar-refractivity contribution < 1.29 is 19.1 Å². The van der Waals surface area contributed by atoms with Crippen LogP contribution in [0.4, 0.5) is 0 Å². The number of carbonyl (C=O) groups excluding carboxylic acids is 1. The van der Waals surface area contributed by atoms with Gasteiger partial charge in [-0.3, -0.25) is 14.2 Å². The third-order valence-corrected chi connectivity index (χ3v) is 4.51. The minimum Gasteiger partial charge on any atom is -0.478 e. The smallest absolute Gasteiger partial charge is 0.339 e. The van der Waals surface area contributed by atoms with Crippen molar-refractivity contribution in [2.45, 2.75) is 26.4 Å². The van der Waals surface area contributed by atoms with Crippen LogP contribution >= 0.6 is 11.3 Å². The molecule has 0 fully saturated rings.